The molecule has 0 N–H and O–H groups in total. The van der Waals surface area contributed by atoms with Crippen molar-refractivity contribution in [2.75, 3.05) is 12.9 Å². The van der Waals surface area contributed by atoms with Crippen LogP contribution in [-0.4, -0.2) is 27.4 Å². The average molecular weight is 358 g/mol. The molecule has 1 heterocycles. The normalized spacial score (nSPS) is 22.9. The van der Waals surface area contributed by atoms with E-state index in [4.69, 9.17) is 8.92 Å². The van der Waals surface area contributed by atoms with Crippen molar-refractivity contribution in [1.82, 2.24) is 0 Å². The van der Waals surface area contributed by atoms with Crippen molar-refractivity contribution < 1.29 is 17.3 Å². The van der Waals surface area contributed by atoms with Gasteiger partial charge in [-0.3, -0.25) is 4.18 Å². The lowest BCUT2D eigenvalue weighted by atomic mass is 9.92. The Morgan fingerprint density at radius 1 is 1.08 bits per heavy atom. The van der Waals surface area contributed by atoms with Crippen LogP contribution in [0.5, 0.6) is 0 Å². The molecule has 1 fully saturated rings. The van der Waals surface area contributed by atoms with Gasteiger partial charge in [0.15, 0.2) is 0 Å². The SMILES string of the molecule is Cc1ccc(/C=C2/C[C@H](OS(C)(=O)=O)CO[C@@H]2c2ccccc2)cc1. The van der Waals surface area contributed by atoms with Crippen LogP contribution in [0.1, 0.15) is 29.2 Å². The van der Waals surface area contributed by atoms with E-state index >= 15 is 0 Å². The van der Waals surface area contributed by atoms with Crippen LogP contribution in [0, 0.1) is 6.92 Å². The van der Waals surface area contributed by atoms with Crippen LogP contribution in [-0.2, 0) is 19.0 Å². The highest BCUT2D eigenvalue weighted by molar-refractivity contribution is 7.86. The first-order valence-electron chi connectivity index (χ1n) is 8.23. The Labute approximate surface area is 149 Å². The van der Waals surface area contributed by atoms with Crippen molar-refractivity contribution in [3.63, 3.8) is 0 Å². The molecule has 0 unspecified atom stereocenters. The Morgan fingerprint density at radius 2 is 1.76 bits per heavy atom. The first-order valence-corrected chi connectivity index (χ1v) is 10.0. The molecule has 2 aromatic carbocycles. The van der Waals surface area contributed by atoms with Gasteiger partial charge in [0.25, 0.3) is 10.1 Å². The molecule has 0 radical (unpaired) electrons. The fourth-order valence-electron chi connectivity index (χ4n) is 3.00. The van der Waals surface area contributed by atoms with Gasteiger partial charge in [-0.05, 0) is 23.6 Å². The van der Waals surface area contributed by atoms with Gasteiger partial charge in [-0.15, -0.1) is 0 Å². The van der Waals surface area contributed by atoms with Gasteiger partial charge < -0.3 is 4.74 Å². The molecule has 3 rings (SSSR count). The fraction of sp³-hybridized carbons (Fsp3) is 0.300. The quantitative estimate of drug-likeness (QED) is 0.778. The zero-order valence-corrected chi connectivity index (χ0v) is 15.2. The van der Waals surface area contributed by atoms with Crippen LogP contribution in [0.3, 0.4) is 0 Å². The minimum absolute atomic E-state index is 0.193. The van der Waals surface area contributed by atoms with E-state index in [1.54, 1.807) is 0 Å². The van der Waals surface area contributed by atoms with Gasteiger partial charge in [-0.2, -0.15) is 8.42 Å². The van der Waals surface area contributed by atoms with Gasteiger partial charge in [0.05, 0.1) is 12.9 Å². The zero-order valence-electron chi connectivity index (χ0n) is 14.4. The number of aryl methyl sites for hydroxylation is 1. The summed E-state index contributed by atoms with van der Waals surface area (Å²) in [6, 6.07) is 18.2. The molecule has 0 spiro atoms. The summed E-state index contributed by atoms with van der Waals surface area (Å²) in [6.07, 6.45) is 2.96. The van der Waals surface area contributed by atoms with Crippen molar-refractivity contribution in [3.8, 4) is 0 Å². The summed E-state index contributed by atoms with van der Waals surface area (Å²) in [5.74, 6) is 0. The third-order valence-corrected chi connectivity index (χ3v) is 4.71. The maximum Gasteiger partial charge on any atom is 0.264 e. The summed E-state index contributed by atoms with van der Waals surface area (Å²) in [6.45, 7) is 2.29. The van der Waals surface area contributed by atoms with Crippen molar-refractivity contribution in [2.24, 2.45) is 0 Å². The third-order valence-electron chi connectivity index (χ3n) is 4.09. The lowest BCUT2D eigenvalue weighted by Crippen LogP contribution is -2.31. The molecular weight excluding hydrogens is 336 g/mol. The van der Waals surface area contributed by atoms with E-state index in [2.05, 4.69) is 18.2 Å². The molecule has 0 saturated carbocycles. The minimum Gasteiger partial charge on any atom is -0.366 e. The number of rotatable bonds is 4. The van der Waals surface area contributed by atoms with Gasteiger partial charge >= 0.3 is 0 Å². The average Bonchev–Trinajstić information content (AvgIpc) is 2.57. The Bertz CT molecular complexity index is 839. The molecule has 4 nitrogen and oxygen atoms in total. The minimum atomic E-state index is -3.51. The fourth-order valence-corrected chi connectivity index (χ4v) is 3.62. The number of ether oxygens (including phenoxy) is 1. The lowest BCUT2D eigenvalue weighted by Gasteiger charge is -2.31. The Morgan fingerprint density at radius 3 is 2.40 bits per heavy atom. The highest BCUT2D eigenvalue weighted by Gasteiger charge is 2.30. The predicted molar refractivity (Wildman–Crippen MR) is 98.6 cm³/mol. The molecule has 1 saturated heterocycles. The van der Waals surface area contributed by atoms with Gasteiger partial charge in [-0.25, -0.2) is 0 Å². The second-order valence-electron chi connectivity index (χ2n) is 6.38. The molecule has 132 valence electrons. The second kappa shape index (κ2) is 7.52. The third kappa shape index (κ3) is 5.01. The topological polar surface area (TPSA) is 52.6 Å². The monoisotopic (exact) mass is 358 g/mol. The summed E-state index contributed by atoms with van der Waals surface area (Å²) in [5, 5.41) is 0. The van der Waals surface area contributed by atoms with Crippen molar-refractivity contribution >= 4 is 16.2 Å². The summed E-state index contributed by atoms with van der Waals surface area (Å²) in [4.78, 5) is 0. The first kappa shape index (κ1) is 17.9. The maximum absolute atomic E-state index is 11.5. The highest BCUT2D eigenvalue weighted by atomic mass is 32.2. The molecule has 5 heteroatoms. The van der Waals surface area contributed by atoms with E-state index in [0.717, 1.165) is 23.0 Å². The number of hydrogen-bond donors (Lipinski definition) is 0. The Hall–Kier alpha value is -1.95. The molecule has 2 atom stereocenters. The van der Waals surface area contributed by atoms with Gasteiger partial charge in [0, 0.05) is 6.42 Å². The molecule has 1 aliphatic heterocycles. The lowest BCUT2D eigenvalue weighted by molar-refractivity contribution is -0.0116. The molecule has 1 aliphatic rings. The van der Waals surface area contributed by atoms with E-state index in [1.807, 2.05) is 49.4 Å². The van der Waals surface area contributed by atoms with E-state index < -0.39 is 16.2 Å². The van der Waals surface area contributed by atoms with Crippen LogP contribution in [0.25, 0.3) is 6.08 Å². The number of benzene rings is 2. The van der Waals surface area contributed by atoms with E-state index in [-0.39, 0.29) is 12.7 Å². The molecule has 2 aromatic rings. The zero-order chi connectivity index (χ0) is 17.9. The first-order chi connectivity index (χ1) is 11.9. The number of hydrogen-bond acceptors (Lipinski definition) is 4. The van der Waals surface area contributed by atoms with Crippen molar-refractivity contribution in [2.45, 2.75) is 25.6 Å². The van der Waals surface area contributed by atoms with E-state index in [9.17, 15) is 8.42 Å². The van der Waals surface area contributed by atoms with E-state index in [1.165, 1.54) is 5.56 Å². The summed E-state index contributed by atoms with van der Waals surface area (Å²) >= 11 is 0. The summed E-state index contributed by atoms with van der Waals surface area (Å²) < 4.78 is 34.0. The van der Waals surface area contributed by atoms with Gasteiger partial charge in [-0.1, -0.05) is 66.2 Å². The molecule has 0 aliphatic carbocycles. The largest absolute Gasteiger partial charge is 0.366 e. The van der Waals surface area contributed by atoms with Crippen LogP contribution in [0.15, 0.2) is 60.2 Å². The molecule has 25 heavy (non-hydrogen) atoms. The van der Waals surface area contributed by atoms with Gasteiger partial charge in [0.1, 0.15) is 12.2 Å². The standard InChI is InChI=1S/C20H22O4S/c1-15-8-10-16(11-9-15)12-18-13-19(24-25(2,21)22)14-23-20(18)17-6-4-3-5-7-17/h3-12,19-20H,13-14H2,1-2H3/b18-12-/t19-,20+/m0/s1. The molecule has 0 bridgehead atoms. The van der Waals surface area contributed by atoms with Crippen LogP contribution < -0.4 is 0 Å². The molecule has 0 aromatic heterocycles. The molecule has 0 amide bonds. The predicted octanol–water partition coefficient (Wildman–Crippen LogP) is 3.88. The van der Waals surface area contributed by atoms with Crippen molar-refractivity contribution in [1.29, 1.82) is 0 Å². The van der Waals surface area contributed by atoms with Gasteiger partial charge in [0.2, 0.25) is 0 Å². The molecular formula is C20H22O4S. The highest BCUT2D eigenvalue weighted by Crippen LogP contribution is 2.35. The van der Waals surface area contributed by atoms with Crippen molar-refractivity contribution in [3.05, 3.63) is 76.9 Å². The van der Waals surface area contributed by atoms with Crippen LogP contribution >= 0.6 is 0 Å². The maximum atomic E-state index is 11.5. The smallest absolute Gasteiger partial charge is 0.264 e. The Balaban J connectivity index is 1.91. The Kier molecular flexibility index (Phi) is 5.37. The van der Waals surface area contributed by atoms with E-state index in [0.29, 0.717) is 6.42 Å². The van der Waals surface area contributed by atoms with Crippen LogP contribution in [0.4, 0.5) is 0 Å². The second-order valence-corrected chi connectivity index (χ2v) is 7.98. The van der Waals surface area contributed by atoms with Crippen LogP contribution in [0.2, 0.25) is 0 Å². The summed E-state index contributed by atoms with van der Waals surface area (Å²) in [7, 11) is -3.51. The summed E-state index contributed by atoms with van der Waals surface area (Å²) in [5.41, 5.74) is 4.32.